The summed E-state index contributed by atoms with van der Waals surface area (Å²) >= 11 is 0. The highest BCUT2D eigenvalue weighted by atomic mass is 16.8. The van der Waals surface area contributed by atoms with Gasteiger partial charge in [-0.15, -0.1) is 11.6 Å². The molecule has 1 aliphatic rings. The van der Waals surface area contributed by atoms with Crippen molar-refractivity contribution < 1.29 is 24.2 Å². The van der Waals surface area contributed by atoms with Crippen molar-refractivity contribution in [2.45, 2.75) is 38.6 Å². The van der Waals surface area contributed by atoms with Crippen LogP contribution in [0.3, 0.4) is 0 Å². The second-order valence-electron chi connectivity index (χ2n) is 5.13. The Balaban J connectivity index is 2.37. The van der Waals surface area contributed by atoms with Crippen LogP contribution in [-0.4, -0.2) is 53.8 Å². The average Bonchev–Trinajstić information content (AvgIpc) is 2.52. The molecule has 18 heavy (non-hydrogen) atoms. The van der Waals surface area contributed by atoms with Gasteiger partial charge in [0.05, 0.1) is 25.8 Å². The molecule has 0 saturated carbocycles. The molecule has 0 aromatic rings. The second-order valence-corrected chi connectivity index (χ2v) is 5.13. The Morgan fingerprint density at radius 1 is 1.50 bits per heavy atom. The highest BCUT2D eigenvalue weighted by Crippen LogP contribution is 2.16. The number of nitrogens with zero attached hydrogens (tertiary/aromatic N) is 1. The van der Waals surface area contributed by atoms with Crippen molar-refractivity contribution in [2.24, 2.45) is 0 Å². The quantitative estimate of drug-likeness (QED) is 0.602. The minimum atomic E-state index is -0.779. The summed E-state index contributed by atoms with van der Waals surface area (Å²) in [6, 6.07) is 0. The second kappa shape index (κ2) is 6.17. The predicted octanol–water partition coefficient (Wildman–Crippen LogP) is 1.10. The van der Waals surface area contributed by atoms with Crippen molar-refractivity contribution in [3.05, 3.63) is 12.7 Å². The minimum Gasteiger partial charge on any atom is -0.427 e. The first-order chi connectivity index (χ1) is 8.31. The molecule has 0 bridgehead atoms. The van der Waals surface area contributed by atoms with Gasteiger partial charge in [0, 0.05) is 0 Å². The highest BCUT2D eigenvalue weighted by molar-refractivity contribution is 5.60. The normalized spacial score (nSPS) is 24.9. The number of hydrogen-bond donors (Lipinski definition) is 1. The monoisotopic (exact) mass is 259 g/mol. The zero-order valence-electron chi connectivity index (χ0n) is 11.1. The minimum absolute atomic E-state index is 0.209. The van der Waals surface area contributed by atoms with Gasteiger partial charge in [-0.25, -0.2) is 4.79 Å². The Kier molecular flexibility index (Phi) is 5.13. The maximum absolute atomic E-state index is 11.4. The van der Waals surface area contributed by atoms with Gasteiger partial charge in [-0.2, -0.15) is 0 Å². The lowest BCUT2D eigenvalue weighted by atomic mass is 10.2. The van der Waals surface area contributed by atoms with Gasteiger partial charge in [-0.1, -0.05) is 6.08 Å². The molecule has 1 aliphatic heterocycles. The van der Waals surface area contributed by atoms with E-state index in [1.54, 1.807) is 26.8 Å². The Morgan fingerprint density at radius 2 is 2.17 bits per heavy atom. The van der Waals surface area contributed by atoms with Crippen LogP contribution >= 0.6 is 0 Å². The molecule has 1 fully saturated rings. The van der Waals surface area contributed by atoms with Crippen molar-refractivity contribution in [3.8, 4) is 0 Å². The summed E-state index contributed by atoms with van der Waals surface area (Å²) in [4.78, 5) is 16.4. The van der Waals surface area contributed by atoms with Crippen LogP contribution < -0.4 is 0 Å². The van der Waals surface area contributed by atoms with Crippen LogP contribution in [0.1, 0.15) is 20.8 Å². The van der Waals surface area contributed by atoms with E-state index >= 15 is 0 Å². The summed E-state index contributed by atoms with van der Waals surface area (Å²) in [5.74, 6) is 0. The maximum atomic E-state index is 11.4. The molecular weight excluding hydrogens is 238 g/mol. The number of hydroxylamine groups is 2. The molecule has 1 saturated heterocycles. The van der Waals surface area contributed by atoms with E-state index in [2.05, 4.69) is 6.58 Å². The van der Waals surface area contributed by atoms with Gasteiger partial charge in [0.2, 0.25) is 0 Å². The van der Waals surface area contributed by atoms with E-state index in [9.17, 15) is 9.90 Å². The van der Waals surface area contributed by atoms with Crippen LogP contribution in [0.2, 0.25) is 0 Å². The van der Waals surface area contributed by atoms with Gasteiger partial charge in [-0.3, -0.25) is 0 Å². The first-order valence-corrected chi connectivity index (χ1v) is 5.88. The molecule has 0 aromatic heterocycles. The molecule has 1 rings (SSSR count). The fraction of sp³-hybridized carbons (Fsp3) is 0.750. The van der Waals surface area contributed by atoms with Crippen LogP contribution in [0.4, 0.5) is 4.79 Å². The molecule has 0 aromatic carbocycles. The van der Waals surface area contributed by atoms with Crippen molar-refractivity contribution in [1.82, 2.24) is 5.06 Å². The van der Waals surface area contributed by atoms with Crippen molar-refractivity contribution in [3.63, 3.8) is 0 Å². The van der Waals surface area contributed by atoms with Crippen LogP contribution in [0, 0.1) is 0 Å². The number of aliphatic hydroxyl groups excluding tert-OH is 1. The molecule has 0 aliphatic carbocycles. The van der Waals surface area contributed by atoms with E-state index in [1.807, 2.05) is 0 Å². The number of β-amino-alcohol motifs (C(OH)–C–C–N with tert-alkyl or cyclic N) is 1. The van der Waals surface area contributed by atoms with Gasteiger partial charge in [0.15, 0.2) is 0 Å². The molecule has 104 valence electrons. The van der Waals surface area contributed by atoms with Crippen LogP contribution in [0.5, 0.6) is 0 Å². The molecule has 1 N–H and O–H groups in total. The molecular formula is C12H21NO5. The first-order valence-electron chi connectivity index (χ1n) is 5.88. The smallest absolute Gasteiger partial charge is 0.427 e. The van der Waals surface area contributed by atoms with E-state index < -0.39 is 17.9 Å². The Morgan fingerprint density at radius 3 is 2.72 bits per heavy atom. The number of hydrogen-bond acceptors (Lipinski definition) is 6. The number of carbonyl (C=O) groups excluding carboxylic acids is 1. The fourth-order valence-corrected chi connectivity index (χ4v) is 1.53. The van der Waals surface area contributed by atoms with Crippen molar-refractivity contribution >= 4 is 6.16 Å². The number of aliphatic hydroxyl groups is 1. The molecule has 0 radical (unpaired) electrons. The first kappa shape index (κ1) is 14.9. The van der Waals surface area contributed by atoms with Gasteiger partial charge < -0.3 is 19.4 Å². The summed E-state index contributed by atoms with van der Waals surface area (Å²) in [7, 11) is 0. The molecule has 6 heteroatoms. The third-order valence-electron chi connectivity index (χ3n) is 2.22. The molecule has 2 atom stereocenters. The number of ether oxygens (including phenoxy) is 2. The Bertz CT molecular complexity index is 299. The van der Waals surface area contributed by atoms with Gasteiger partial charge in [0.1, 0.15) is 11.7 Å². The Labute approximate surface area is 107 Å². The standard InChI is InChI=1S/C12H21NO5/c1-5-6-16-10-8-13(7-9(10)14)18-11(15)17-12(2,3)4/h5,9-10,14H,1,6-8H2,2-4H3/t9-,10-/m0/s1. The van der Waals surface area contributed by atoms with E-state index in [0.29, 0.717) is 13.2 Å². The van der Waals surface area contributed by atoms with Crippen LogP contribution in [-0.2, 0) is 14.3 Å². The lowest BCUT2D eigenvalue weighted by Gasteiger charge is -2.21. The lowest BCUT2D eigenvalue weighted by molar-refractivity contribution is -0.136. The zero-order chi connectivity index (χ0) is 13.8. The average molecular weight is 259 g/mol. The summed E-state index contributed by atoms with van der Waals surface area (Å²) in [5, 5.41) is 11.0. The molecule has 0 unspecified atom stereocenters. The number of carbonyl (C=O) groups is 1. The van der Waals surface area contributed by atoms with E-state index in [1.165, 1.54) is 5.06 Å². The molecule has 1 heterocycles. The topological polar surface area (TPSA) is 68.2 Å². The van der Waals surface area contributed by atoms with Gasteiger partial charge in [0.25, 0.3) is 0 Å². The van der Waals surface area contributed by atoms with Gasteiger partial charge in [-0.05, 0) is 20.8 Å². The van der Waals surface area contributed by atoms with E-state index in [4.69, 9.17) is 14.3 Å². The van der Waals surface area contributed by atoms with E-state index in [0.717, 1.165) is 0 Å². The maximum Gasteiger partial charge on any atom is 0.528 e. The van der Waals surface area contributed by atoms with Gasteiger partial charge >= 0.3 is 6.16 Å². The predicted molar refractivity (Wildman–Crippen MR) is 64.8 cm³/mol. The summed E-state index contributed by atoms with van der Waals surface area (Å²) in [5.41, 5.74) is -0.603. The number of rotatable bonds is 4. The van der Waals surface area contributed by atoms with Crippen LogP contribution in [0.25, 0.3) is 0 Å². The van der Waals surface area contributed by atoms with Crippen molar-refractivity contribution in [2.75, 3.05) is 19.7 Å². The zero-order valence-corrected chi connectivity index (χ0v) is 11.1. The molecule has 6 nitrogen and oxygen atoms in total. The SMILES string of the molecule is C=CCO[C@H]1CN(OC(=O)OC(C)(C)C)C[C@@H]1O. The third-order valence-corrected chi connectivity index (χ3v) is 2.22. The summed E-state index contributed by atoms with van der Waals surface area (Å²) < 4.78 is 10.3. The summed E-state index contributed by atoms with van der Waals surface area (Å²) in [6.07, 6.45) is -0.249. The summed E-state index contributed by atoms with van der Waals surface area (Å²) in [6.45, 7) is 9.66. The molecule has 0 amide bonds. The lowest BCUT2D eigenvalue weighted by Crippen LogP contribution is -2.31. The highest BCUT2D eigenvalue weighted by Gasteiger charge is 2.35. The molecule has 0 spiro atoms. The Hall–Kier alpha value is -1.11. The van der Waals surface area contributed by atoms with Crippen molar-refractivity contribution in [1.29, 1.82) is 0 Å². The fourth-order valence-electron chi connectivity index (χ4n) is 1.53. The van der Waals surface area contributed by atoms with Crippen LogP contribution in [0.15, 0.2) is 12.7 Å². The van der Waals surface area contributed by atoms with E-state index in [-0.39, 0.29) is 12.6 Å². The third kappa shape index (κ3) is 5.03. The largest absolute Gasteiger partial charge is 0.528 e.